The Morgan fingerprint density at radius 3 is 2.59 bits per heavy atom. The molecule has 2 aromatic carbocycles. The lowest BCUT2D eigenvalue weighted by atomic mass is 10.1. The van der Waals surface area contributed by atoms with Gasteiger partial charge in [-0.3, -0.25) is 9.59 Å². The topological polar surface area (TPSA) is 75.4 Å². The lowest BCUT2D eigenvalue weighted by molar-refractivity contribution is -0.117. The predicted octanol–water partition coefficient (Wildman–Crippen LogP) is 1.92. The van der Waals surface area contributed by atoms with Crippen LogP contribution in [0.2, 0.25) is 0 Å². The number of anilines is 2. The maximum Gasteiger partial charge on any atom is 0.258 e. The number of carbonyl (C=O) groups excluding carboxylic acids is 2. The Morgan fingerprint density at radius 1 is 1.18 bits per heavy atom. The molecule has 0 spiro atoms. The van der Waals surface area contributed by atoms with Crippen molar-refractivity contribution in [3.05, 3.63) is 59.7 Å². The first kappa shape index (κ1) is 14.3. The quantitative estimate of drug-likeness (QED) is 0.844. The van der Waals surface area contributed by atoms with Crippen molar-refractivity contribution in [2.24, 2.45) is 5.73 Å². The molecule has 0 saturated heterocycles. The molecule has 112 valence electrons. The molecule has 0 aliphatic carbocycles. The molecule has 0 bridgehead atoms. The van der Waals surface area contributed by atoms with Gasteiger partial charge in [-0.15, -0.1) is 0 Å². The summed E-state index contributed by atoms with van der Waals surface area (Å²) in [4.78, 5) is 26.3. The molecule has 5 nitrogen and oxygen atoms in total. The first-order valence-electron chi connectivity index (χ1n) is 7.10. The highest BCUT2D eigenvalue weighted by atomic mass is 16.2. The largest absolute Gasteiger partial charge is 0.323 e. The molecule has 2 amide bonds. The van der Waals surface area contributed by atoms with Crippen molar-refractivity contribution in [3.8, 4) is 0 Å². The van der Waals surface area contributed by atoms with Crippen molar-refractivity contribution in [1.82, 2.24) is 0 Å². The number of fused-ring (bicyclic) bond motifs is 1. The molecule has 1 aliphatic rings. The second-order valence-corrected chi connectivity index (χ2v) is 5.39. The summed E-state index contributed by atoms with van der Waals surface area (Å²) in [6.45, 7) is 2.11. The fourth-order valence-electron chi connectivity index (χ4n) is 2.46. The van der Waals surface area contributed by atoms with Crippen LogP contribution in [0.1, 0.15) is 15.9 Å². The van der Waals surface area contributed by atoms with E-state index in [1.807, 2.05) is 31.2 Å². The molecule has 1 unspecified atom stereocenters. The summed E-state index contributed by atoms with van der Waals surface area (Å²) < 4.78 is 0. The number of aryl methyl sites for hydroxylation is 1. The van der Waals surface area contributed by atoms with Gasteiger partial charge in [-0.25, -0.2) is 0 Å². The number of hydrogen-bond acceptors (Lipinski definition) is 3. The molecule has 1 heterocycles. The van der Waals surface area contributed by atoms with Gasteiger partial charge < -0.3 is 16.0 Å². The van der Waals surface area contributed by atoms with E-state index in [1.54, 1.807) is 29.2 Å². The molecule has 1 atom stereocenters. The summed E-state index contributed by atoms with van der Waals surface area (Å²) in [6.07, 6.45) is 0. The average molecular weight is 295 g/mol. The molecule has 22 heavy (non-hydrogen) atoms. The van der Waals surface area contributed by atoms with Gasteiger partial charge in [-0.05, 0) is 31.2 Å². The van der Waals surface area contributed by atoms with Crippen LogP contribution < -0.4 is 16.0 Å². The number of benzene rings is 2. The average Bonchev–Trinajstić information content (AvgIpc) is 2.65. The van der Waals surface area contributed by atoms with Crippen molar-refractivity contribution >= 4 is 23.2 Å². The third kappa shape index (κ3) is 2.58. The van der Waals surface area contributed by atoms with E-state index in [1.165, 1.54) is 0 Å². The summed E-state index contributed by atoms with van der Waals surface area (Å²) in [7, 11) is 0. The molecular formula is C17H17N3O2. The van der Waals surface area contributed by atoms with E-state index in [4.69, 9.17) is 5.73 Å². The first-order chi connectivity index (χ1) is 10.6. The van der Waals surface area contributed by atoms with E-state index in [9.17, 15) is 9.59 Å². The second-order valence-electron chi connectivity index (χ2n) is 5.39. The smallest absolute Gasteiger partial charge is 0.258 e. The van der Waals surface area contributed by atoms with Crippen LogP contribution in [0.4, 0.5) is 11.4 Å². The Morgan fingerprint density at radius 2 is 1.86 bits per heavy atom. The standard InChI is InChI=1S/C17H17N3O2/c1-11-6-8-12(9-7-11)17(22)20-10-13(18)16(21)19-14-4-2-3-5-15(14)20/h2-9,13H,10,18H2,1H3,(H,19,21). The van der Waals surface area contributed by atoms with E-state index in [-0.39, 0.29) is 18.4 Å². The Kier molecular flexibility index (Phi) is 3.65. The van der Waals surface area contributed by atoms with Crippen molar-refractivity contribution < 1.29 is 9.59 Å². The maximum absolute atomic E-state index is 12.8. The van der Waals surface area contributed by atoms with Gasteiger partial charge in [0.25, 0.3) is 5.91 Å². The Bertz CT molecular complexity index is 725. The summed E-state index contributed by atoms with van der Waals surface area (Å²) in [5, 5.41) is 2.76. The number of carbonyl (C=O) groups is 2. The highest BCUT2D eigenvalue weighted by molar-refractivity contribution is 6.11. The molecule has 5 heteroatoms. The summed E-state index contributed by atoms with van der Waals surface area (Å²) in [5.74, 6) is -0.453. The van der Waals surface area contributed by atoms with Gasteiger partial charge in [0.05, 0.1) is 17.9 Å². The molecule has 1 aliphatic heterocycles. The van der Waals surface area contributed by atoms with Crippen LogP contribution in [-0.4, -0.2) is 24.4 Å². The van der Waals surface area contributed by atoms with Gasteiger partial charge in [-0.1, -0.05) is 29.8 Å². The third-order valence-electron chi connectivity index (χ3n) is 3.71. The second kappa shape index (κ2) is 5.61. The van der Waals surface area contributed by atoms with Gasteiger partial charge in [0.15, 0.2) is 0 Å². The van der Waals surface area contributed by atoms with Crippen molar-refractivity contribution in [2.75, 3.05) is 16.8 Å². The molecule has 0 fully saturated rings. The van der Waals surface area contributed by atoms with Crippen LogP contribution in [0.5, 0.6) is 0 Å². The number of nitrogens with two attached hydrogens (primary N) is 1. The third-order valence-corrected chi connectivity index (χ3v) is 3.71. The lowest BCUT2D eigenvalue weighted by Crippen LogP contribution is -2.45. The van der Waals surface area contributed by atoms with Crippen LogP contribution in [0.3, 0.4) is 0 Å². The van der Waals surface area contributed by atoms with Crippen LogP contribution in [-0.2, 0) is 4.79 Å². The Balaban J connectivity index is 2.02. The number of rotatable bonds is 1. The first-order valence-corrected chi connectivity index (χ1v) is 7.10. The fourth-order valence-corrected chi connectivity index (χ4v) is 2.46. The fraction of sp³-hybridized carbons (Fsp3) is 0.176. The molecule has 0 radical (unpaired) electrons. The number of nitrogens with one attached hydrogen (secondary N) is 1. The maximum atomic E-state index is 12.8. The monoisotopic (exact) mass is 295 g/mol. The Labute approximate surface area is 128 Å². The molecule has 0 saturated carbocycles. The minimum absolute atomic E-state index is 0.148. The Hall–Kier alpha value is -2.66. The number of amides is 2. The van der Waals surface area contributed by atoms with E-state index < -0.39 is 6.04 Å². The van der Waals surface area contributed by atoms with E-state index >= 15 is 0 Å². The number of nitrogens with zero attached hydrogens (tertiary/aromatic N) is 1. The zero-order valence-electron chi connectivity index (χ0n) is 12.2. The van der Waals surface area contributed by atoms with E-state index in [0.717, 1.165) is 5.56 Å². The van der Waals surface area contributed by atoms with Crippen molar-refractivity contribution in [2.45, 2.75) is 13.0 Å². The van der Waals surface area contributed by atoms with Crippen molar-refractivity contribution in [1.29, 1.82) is 0 Å². The highest BCUT2D eigenvalue weighted by Crippen LogP contribution is 2.29. The predicted molar refractivity (Wildman–Crippen MR) is 85.9 cm³/mol. The van der Waals surface area contributed by atoms with Gasteiger partial charge in [-0.2, -0.15) is 0 Å². The molecule has 0 aromatic heterocycles. The van der Waals surface area contributed by atoms with E-state index in [2.05, 4.69) is 5.32 Å². The van der Waals surface area contributed by atoms with Crippen LogP contribution >= 0.6 is 0 Å². The molecule has 2 aromatic rings. The van der Waals surface area contributed by atoms with Gasteiger partial charge in [0, 0.05) is 5.56 Å². The summed E-state index contributed by atoms with van der Waals surface area (Å²) in [6, 6.07) is 13.8. The number of para-hydroxylation sites is 2. The van der Waals surface area contributed by atoms with Crippen LogP contribution in [0, 0.1) is 6.92 Å². The van der Waals surface area contributed by atoms with Gasteiger partial charge in [0.1, 0.15) is 6.04 Å². The normalized spacial score (nSPS) is 17.5. The zero-order chi connectivity index (χ0) is 15.7. The van der Waals surface area contributed by atoms with Gasteiger partial charge >= 0.3 is 0 Å². The highest BCUT2D eigenvalue weighted by Gasteiger charge is 2.29. The molecule has 3 N–H and O–H groups in total. The zero-order valence-corrected chi connectivity index (χ0v) is 12.2. The summed E-state index contributed by atoms with van der Waals surface area (Å²) >= 11 is 0. The van der Waals surface area contributed by atoms with Crippen LogP contribution in [0.25, 0.3) is 0 Å². The minimum atomic E-state index is -0.762. The minimum Gasteiger partial charge on any atom is -0.323 e. The van der Waals surface area contributed by atoms with Crippen LogP contribution in [0.15, 0.2) is 48.5 Å². The van der Waals surface area contributed by atoms with E-state index in [0.29, 0.717) is 16.9 Å². The molecule has 3 rings (SSSR count). The summed E-state index contributed by atoms with van der Waals surface area (Å²) in [5.41, 5.74) is 8.80. The van der Waals surface area contributed by atoms with Gasteiger partial charge in [0.2, 0.25) is 5.91 Å². The SMILES string of the molecule is Cc1ccc(C(=O)N2CC(N)C(=O)Nc3ccccc32)cc1. The lowest BCUT2D eigenvalue weighted by Gasteiger charge is -2.23. The molecular weight excluding hydrogens is 278 g/mol. The van der Waals surface area contributed by atoms with Crippen molar-refractivity contribution in [3.63, 3.8) is 0 Å². The number of hydrogen-bond donors (Lipinski definition) is 2.